The Morgan fingerprint density at radius 2 is 1.78 bits per heavy atom. The molecule has 0 radical (unpaired) electrons. The summed E-state index contributed by atoms with van der Waals surface area (Å²) >= 11 is 0. The second-order valence-electron chi connectivity index (χ2n) is 12.0. The molecule has 3 fully saturated rings. The number of aliphatic carboxylic acids is 1. The molecule has 200 valence electrons. The minimum absolute atomic E-state index is 0.00269. The zero-order valence-electron chi connectivity index (χ0n) is 22.3. The number of carbonyl (C=O) groups excluding carboxylic acids is 2. The molecule has 3 saturated carbocycles. The summed E-state index contributed by atoms with van der Waals surface area (Å²) in [6.07, 6.45) is 8.43. The van der Waals surface area contributed by atoms with Gasteiger partial charge in [0.05, 0.1) is 5.41 Å². The van der Waals surface area contributed by atoms with Crippen molar-refractivity contribution in [1.82, 2.24) is 0 Å². The maximum absolute atomic E-state index is 13.2. The maximum atomic E-state index is 13.2. The van der Waals surface area contributed by atoms with Crippen LogP contribution in [0, 0.1) is 34.5 Å². The molecule has 0 aromatic rings. The number of carbonyl (C=O) groups is 3. The Morgan fingerprint density at radius 3 is 2.39 bits per heavy atom. The first-order chi connectivity index (χ1) is 16.9. The average molecular weight is 503 g/mol. The number of allylic oxidation sites excluding steroid dienone is 3. The molecular formula is C29H42O7. The first-order valence-electron chi connectivity index (χ1n) is 13.7. The van der Waals surface area contributed by atoms with E-state index in [1.54, 1.807) is 6.08 Å². The van der Waals surface area contributed by atoms with E-state index in [1.807, 2.05) is 34.6 Å². The summed E-state index contributed by atoms with van der Waals surface area (Å²) in [4.78, 5) is 39.2. The summed E-state index contributed by atoms with van der Waals surface area (Å²) in [7, 11) is 0. The summed E-state index contributed by atoms with van der Waals surface area (Å²) in [5, 5.41) is 20.6. The van der Waals surface area contributed by atoms with Crippen LogP contribution in [0.4, 0.5) is 4.79 Å². The molecule has 7 heteroatoms. The number of hydrogen-bond acceptors (Lipinski definition) is 6. The van der Waals surface area contributed by atoms with Crippen molar-refractivity contribution >= 4 is 17.9 Å². The lowest BCUT2D eigenvalue weighted by Crippen LogP contribution is -2.61. The summed E-state index contributed by atoms with van der Waals surface area (Å²) in [6.45, 7) is 9.88. The van der Waals surface area contributed by atoms with Gasteiger partial charge in [-0.3, -0.25) is 4.79 Å². The molecule has 0 aromatic heterocycles. The van der Waals surface area contributed by atoms with Gasteiger partial charge in [-0.1, -0.05) is 46.1 Å². The molecular weight excluding hydrogens is 460 g/mol. The van der Waals surface area contributed by atoms with Crippen molar-refractivity contribution in [3.8, 4) is 0 Å². The first kappa shape index (κ1) is 26.7. The summed E-state index contributed by atoms with van der Waals surface area (Å²) in [5.74, 6) is -1.34. The van der Waals surface area contributed by atoms with E-state index in [2.05, 4.69) is 0 Å². The number of aliphatic hydroxyl groups is 1. The van der Waals surface area contributed by atoms with Crippen molar-refractivity contribution in [3.63, 3.8) is 0 Å². The molecule has 2 N–H and O–H groups in total. The second kappa shape index (κ2) is 9.53. The van der Waals surface area contributed by atoms with Gasteiger partial charge in [-0.25, -0.2) is 9.59 Å². The number of ketones is 1. The molecule has 4 rings (SSSR count). The number of aliphatic hydroxyl groups excluding tert-OH is 1. The quantitative estimate of drug-likeness (QED) is 0.389. The predicted molar refractivity (Wildman–Crippen MR) is 134 cm³/mol. The van der Waals surface area contributed by atoms with Crippen molar-refractivity contribution in [2.75, 3.05) is 0 Å². The molecule has 0 aromatic carbocycles. The van der Waals surface area contributed by atoms with Gasteiger partial charge in [0, 0.05) is 17.4 Å². The Labute approximate surface area is 214 Å². The van der Waals surface area contributed by atoms with E-state index in [9.17, 15) is 24.6 Å². The van der Waals surface area contributed by atoms with Crippen molar-refractivity contribution < 1.29 is 34.1 Å². The molecule has 36 heavy (non-hydrogen) atoms. The monoisotopic (exact) mass is 502 g/mol. The van der Waals surface area contributed by atoms with E-state index in [0.29, 0.717) is 38.5 Å². The zero-order valence-corrected chi connectivity index (χ0v) is 22.3. The van der Waals surface area contributed by atoms with Gasteiger partial charge >= 0.3 is 12.1 Å². The number of carboxylic acid groups (broad SMARTS) is 1. The van der Waals surface area contributed by atoms with Crippen LogP contribution < -0.4 is 0 Å². The van der Waals surface area contributed by atoms with Crippen LogP contribution in [0.25, 0.3) is 0 Å². The second-order valence-corrected chi connectivity index (χ2v) is 12.0. The molecule has 4 aliphatic carbocycles. The van der Waals surface area contributed by atoms with E-state index in [0.717, 1.165) is 24.8 Å². The van der Waals surface area contributed by atoms with Crippen molar-refractivity contribution in [2.45, 2.75) is 104 Å². The highest BCUT2D eigenvalue weighted by molar-refractivity contribution is 5.99. The number of rotatable bonds is 7. The molecule has 7 atom stereocenters. The van der Waals surface area contributed by atoms with E-state index in [4.69, 9.17) is 9.47 Å². The average Bonchev–Trinajstić information content (AvgIpc) is 3.02. The lowest BCUT2D eigenvalue weighted by molar-refractivity contribution is -0.193. The summed E-state index contributed by atoms with van der Waals surface area (Å²) in [6, 6.07) is 0. The van der Waals surface area contributed by atoms with E-state index >= 15 is 0 Å². The van der Waals surface area contributed by atoms with Gasteiger partial charge < -0.3 is 19.7 Å². The molecule has 2 unspecified atom stereocenters. The Bertz CT molecular complexity index is 976. The molecule has 4 aliphatic rings. The van der Waals surface area contributed by atoms with E-state index < -0.39 is 28.6 Å². The number of hydrogen-bond donors (Lipinski definition) is 2. The van der Waals surface area contributed by atoms with Gasteiger partial charge in [0.2, 0.25) is 5.60 Å². The Hall–Kier alpha value is -2.31. The highest BCUT2D eigenvalue weighted by Crippen LogP contribution is 2.69. The van der Waals surface area contributed by atoms with Crippen LogP contribution in [0.3, 0.4) is 0 Å². The Balaban J connectivity index is 1.64. The van der Waals surface area contributed by atoms with Crippen LogP contribution in [0.15, 0.2) is 23.5 Å². The fourth-order valence-corrected chi connectivity index (χ4v) is 8.53. The highest BCUT2D eigenvalue weighted by atomic mass is 16.7. The molecule has 0 heterocycles. The molecule has 0 spiro atoms. The Kier molecular flexibility index (Phi) is 7.08. The molecule has 0 bridgehead atoms. The van der Waals surface area contributed by atoms with Gasteiger partial charge in [0.25, 0.3) is 0 Å². The van der Waals surface area contributed by atoms with Crippen molar-refractivity contribution in [2.24, 2.45) is 34.5 Å². The topological polar surface area (TPSA) is 110 Å². The fourth-order valence-electron chi connectivity index (χ4n) is 8.53. The third kappa shape index (κ3) is 3.79. The SMILES string of the molecule is CCCC(CCC)OC(=O)OC1(C(=O)O)C(C)C[C@H]2[C@@H]3CCC4=CC(O)=CC(=O)[C@]4(C)[C@H]3CC[C@@]21C. The molecule has 0 amide bonds. The zero-order chi connectivity index (χ0) is 26.5. The van der Waals surface area contributed by atoms with Gasteiger partial charge in [0.1, 0.15) is 11.9 Å². The van der Waals surface area contributed by atoms with Crippen LogP contribution >= 0.6 is 0 Å². The van der Waals surface area contributed by atoms with E-state index in [1.165, 1.54) is 6.08 Å². The normalized spacial score (nSPS) is 39.4. The van der Waals surface area contributed by atoms with Crippen LogP contribution in [-0.2, 0) is 19.1 Å². The fraction of sp³-hybridized carbons (Fsp3) is 0.759. The van der Waals surface area contributed by atoms with Crippen LogP contribution in [0.2, 0.25) is 0 Å². The van der Waals surface area contributed by atoms with Gasteiger partial charge in [0.15, 0.2) is 5.78 Å². The minimum Gasteiger partial charge on any atom is -0.508 e. The number of ether oxygens (including phenoxy) is 2. The maximum Gasteiger partial charge on any atom is 0.509 e. The third-order valence-electron chi connectivity index (χ3n) is 10.3. The number of carboxylic acids is 1. The first-order valence-corrected chi connectivity index (χ1v) is 13.7. The minimum atomic E-state index is -1.67. The van der Waals surface area contributed by atoms with Crippen LogP contribution in [0.1, 0.15) is 92.4 Å². The standard InChI is InChI=1S/C29H42O7/c1-6-8-20(9-7-2)35-26(34)36-29(25(32)33)17(3)14-23-21-11-10-18-15-19(30)16-24(31)28(18,5)22(21)12-13-27(23,29)4/h15-17,20-23,30H,6-14H2,1-5H3,(H,32,33)/t17?,21-,22+,23+,27+,28+,29?/m1/s1. The Morgan fingerprint density at radius 1 is 1.11 bits per heavy atom. The van der Waals surface area contributed by atoms with E-state index in [-0.39, 0.29) is 41.3 Å². The predicted octanol–water partition coefficient (Wildman–Crippen LogP) is 6.37. The molecule has 0 saturated heterocycles. The van der Waals surface area contributed by atoms with Gasteiger partial charge in [-0.05, 0) is 75.7 Å². The smallest absolute Gasteiger partial charge is 0.508 e. The van der Waals surface area contributed by atoms with Gasteiger partial charge in [-0.2, -0.15) is 0 Å². The summed E-state index contributed by atoms with van der Waals surface area (Å²) < 4.78 is 11.6. The molecule has 7 nitrogen and oxygen atoms in total. The van der Waals surface area contributed by atoms with Crippen LogP contribution in [0.5, 0.6) is 0 Å². The van der Waals surface area contributed by atoms with Crippen molar-refractivity contribution in [3.05, 3.63) is 23.5 Å². The lowest BCUT2D eigenvalue weighted by atomic mass is 9.46. The van der Waals surface area contributed by atoms with Gasteiger partial charge in [-0.15, -0.1) is 0 Å². The third-order valence-corrected chi connectivity index (χ3v) is 10.3. The molecule has 0 aliphatic heterocycles. The lowest BCUT2D eigenvalue weighted by Gasteiger charge is -2.57. The number of fused-ring (bicyclic) bond motifs is 5. The summed E-state index contributed by atoms with van der Waals surface area (Å²) in [5.41, 5.74) is -2.14. The largest absolute Gasteiger partial charge is 0.509 e. The van der Waals surface area contributed by atoms with Crippen LogP contribution in [-0.4, -0.2) is 39.8 Å². The van der Waals surface area contributed by atoms with Crippen molar-refractivity contribution in [1.29, 1.82) is 0 Å². The highest BCUT2D eigenvalue weighted by Gasteiger charge is 2.72.